The van der Waals surface area contributed by atoms with E-state index in [4.69, 9.17) is 9.84 Å². The molecule has 0 aliphatic carbocycles. The molecule has 0 bridgehead atoms. The van der Waals surface area contributed by atoms with Crippen LogP contribution < -0.4 is 10.6 Å². The number of aryl methyl sites for hydroxylation is 1. The van der Waals surface area contributed by atoms with E-state index in [9.17, 15) is 18.0 Å². The number of amides is 2. The van der Waals surface area contributed by atoms with Crippen molar-refractivity contribution in [3.05, 3.63) is 47.2 Å². The molecule has 198 valence electrons. The molecule has 1 saturated heterocycles. The molecule has 2 aliphatic heterocycles. The number of ether oxygens (including phenoxy) is 1. The summed E-state index contributed by atoms with van der Waals surface area (Å²) in [5.41, 5.74) is 0.617. The van der Waals surface area contributed by atoms with Crippen molar-refractivity contribution in [2.45, 2.75) is 38.0 Å². The van der Waals surface area contributed by atoms with Crippen LogP contribution in [0.5, 0.6) is 0 Å². The Bertz CT molecular complexity index is 1310. The lowest BCUT2D eigenvalue weighted by Crippen LogP contribution is -2.41. The fourth-order valence-corrected chi connectivity index (χ4v) is 4.93. The lowest BCUT2D eigenvalue weighted by Gasteiger charge is -2.29. The largest absolute Gasteiger partial charge is 0.435 e. The molecule has 0 spiro atoms. The number of aromatic nitrogens is 4. The number of benzene rings is 1. The van der Waals surface area contributed by atoms with Gasteiger partial charge in [-0.25, -0.2) is 9.18 Å². The van der Waals surface area contributed by atoms with Crippen LogP contribution in [0, 0.1) is 5.82 Å². The molecular weight excluding hydrogens is 494 g/mol. The number of carbonyl (C=O) groups is 1. The van der Waals surface area contributed by atoms with Crippen LogP contribution >= 0.6 is 0 Å². The number of nitrogens with zero attached hydrogens (tertiary/aromatic N) is 5. The first-order valence-corrected chi connectivity index (χ1v) is 12.0. The van der Waals surface area contributed by atoms with Crippen molar-refractivity contribution in [3.63, 3.8) is 0 Å². The molecule has 0 radical (unpaired) electrons. The molecule has 1 aromatic carbocycles. The van der Waals surface area contributed by atoms with Gasteiger partial charge in [-0.3, -0.25) is 9.36 Å². The zero-order chi connectivity index (χ0) is 26.3. The van der Waals surface area contributed by atoms with E-state index in [1.165, 1.54) is 25.4 Å². The average Bonchev–Trinajstić information content (AvgIpc) is 3.46. The van der Waals surface area contributed by atoms with E-state index in [1.54, 1.807) is 11.9 Å². The van der Waals surface area contributed by atoms with Gasteiger partial charge in [-0.2, -0.15) is 23.4 Å². The first-order chi connectivity index (χ1) is 17.7. The Morgan fingerprint density at radius 3 is 2.62 bits per heavy atom. The number of fused-ring (bicyclic) bond motifs is 1. The minimum absolute atomic E-state index is 0.0593. The number of alkyl halides is 3. The summed E-state index contributed by atoms with van der Waals surface area (Å²) >= 11 is 0. The topological polar surface area (TPSA) is 89.2 Å². The summed E-state index contributed by atoms with van der Waals surface area (Å²) < 4.78 is 63.9. The van der Waals surface area contributed by atoms with Gasteiger partial charge in [0.1, 0.15) is 5.82 Å². The summed E-state index contributed by atoms with van der Waals surface area (Å²) in [6.07, 6.45) is -1.27. The van der Waals surface area contributed by atoms with Crippen molar-refractivity contribution in [2.75, 3.05) is 32.1 Å². The average molecular weight is 522 g/mol. The number of anilines is 2. The van der Waals surface area contributed by atoms with Gasteiger partial charge in [-0.15, -0.1) is 0 Å². The number of hydrogen-bond acceptors (Lipinski definition) is 5. The van der Waals surface area contributed by atoms with Crippen LogP contribution in [0.2, 0.25) is 0 Å². The third-order valence-corrected chi connectivity index (χ3v) is 6.75. The molecule has 0 atom stereocenters. The maximum atomic E-state index is 15.2. The van der Waals surface area contributed by atoms with E-state index in [-0.39, 0.29) is 28.9 Å². The Hall–Kier alpha value is -3.61. The molecular formula is C24H27F4N7O2. The van der Waals surface area contributed by atoms with Crippen LogP contribution in [-0.2, 0) is 30.9 Å². The summed E-state index contributed by atoms with van der Waals surface area (Å²) in [6, 6.07) is 3.76. The standard InChI is InChI=1S/C24H27F4N7O2/c1-29-23(36)34-8-5-20-17(13-34)22(32-35(20)15-6-9-37-10-7-15)30-19-4-3-14(11-18(19)25)16-12-33(2)31-21(16)24(26,27)28/h3-4,11-12,15H,5-10,13H2,1-2H3,(H,29,36)(H,30,32). The molecule has 2 N–H and O–H groups in total. The second-order valence-corrected chi connectivity index (χ2v) is 9.17. The van der Waals surface area contributed by atoms with Gasteiger partial charge in [-0.05, 0) is 30.5 Å². The van der Waals surface area contributed by atoms with Crippen LogP contribution in [0.3, 0.4) is 0 Å². The summed E-state index contributed by atoms with van der Waals surface area (Å²) in [5, 5.41) is 13.9. The SMILES string of the molecule is CNC(=O)N1CCc2c(c(Nc3ccc(-c4cn(C)nc4C(F)(F)F)cc3F)nn2C2CCOCC2)C1. The predicted molar refractivity (Wildman–Crippen MR) is 127 cm³/mol. The Kier molecular flexibility index (Phi) is 6.56. The van der Waals surface area contributed by atoms with E-state index in [0.29, 0.717) is 38.5 Å². The zero-order valence-electron chi connectivity index (χ0n) is 20.4. The molecule has 37 heavy (non-hydrogen) atoms. The van der Waals surface area contributed by atoms with Crippen molar-refractivity contribution < 1.29 is 27.1 Å². The minimum Gasteiger partial charge on any atom is -0.381 e. The molecule has 1 fully saturated rings. The molecule has 4 heterocycles. The van der Waals surface area contributed by atoms with Gasteiger partial charge < -0.3 is 20.3 Å². The lowest BCUT2D eigenvalue weighted by atomic mass is 10.0. The van der Waals surface area contributed by atoms with Crippen molar-refractivity contribution in [2.24, 2.45) is 7.05 Å². The monoisotopic (exact) mass is 521 g/mol. The fraction of sp³-hybridized carbons (Fsp3) is 0.458. The highest BCUT2D eigenvalue weighted by atomic mass is 19.4. The molecule has 0 unspecified atom stereocenters. The normalized spacial score (nSPS) is 16.5. The predicted octanol–water partition coefficient (Wildman–Crippen LogP) is 4.23. The molecule has 0 saturated carbocycles. The summed E-state index contributed by atoms with van der Waals surface area (Å²) in [4.78, 5) is 13.9. The number of halogens is 4. The molecule has 2 aromatic heterocycles. The highest BCUT2D eigenvalue weighted by molar-refractivity contribution is 5.75. The molecule has 3 aromatic rings. The van der Waals surface area contributed by atoms with Gasteiger partial charge in [0, 0.05) is 63.3 Å². The van der Waals surface area contributed by atoms with E-state index in [0.717, 1.165) is 34.8 Å². The maximum Gasteiger partial charge on any atom is 0.435 e. The Morgan fingerprint density at radius 1 is 1.19 bits per heavy atom. The quantitative estimate of drug-likeness (QED) is 0.502. The van der Waals surface area contributed by atoms with E-state index >= 15 is 4.39 Å². The summed E-state index contributed by atoms with van der Waals surface area (Å²) in [6.45, 7) is 2.06. The van der Waals surface area contributed by atoms with Gasteiger partial charge in [0.05, 0.1) is 18.3 Å². The second-order valence-electron chi connectivity index (χ2n) is 9.17. The first kappa shape index (κ1) is 25.1. The van der Waals surface area contributed by atoms with Gasteiger partial charge in [0.25, 0.3) is 0 Å². The first-order valence-electron chi connectivity index (χ1n) is 12.0. The third kappa shape index (κ3) is 4.87. The van der Waals surface area contributed by atoms with Crippen LogP contribution in [0.4, 0.5) is 33.9 Å². The van der Waals surface area contributed by atoms with Crippen LogP contribution in [0.1, 0.15) is 35.8 Å². The van der Waals surface area contributed by atoms with Crippen LogP contribution in [-0.4, -0.2) is 57.3 Å². The number of urea groups is 1. The van der Waals surface area contributed by atoms with Crippen LogP contribution in [0.25, 0.3) is 11.1 Å². The van der Waals surface area contributed by atoms with Crippen LogP contribution in [0.15, 0.2) is 24.4 Å². The second kappa shape index (κ2) is 9.69. The molecule has 5 rings (SSSR count). The van der Waals surface area contributed by atoms with Crippen molar-refractivity contribution in [3.8, 4) is 11.1 Å². The highest BCUT2D eigenvalue weighted by Crippen LogP contribution is 2.38. The van der Waals surface area contributed by atoms with E-state index < -0.39 is 17.7 Å². The van der Waals surface area contributed by atoms with Crippen molar-refractivity contribution >= 4 is 17.5 Å². The summed E-state index contributed by atoms with van der Waals surface area (Å²) in [5.74, 6) is -0.318. The van der Waals surface area contributed by atoms with E-state index in [2.05, 4.69) is 15.7 Å². The smallest absolute Gasteiger partial charge is 0.381 e. The van der Waals surface area contributed by atoms with Gasteiger partial charge >= 0.3 is 12.2 Å². The molecule has 13 heteroatoms. The molecule has 2 aliphatic rings. The molecule has 9 nitrogen and oxygen atoms in total. The Morgan fingerprint density at radius 2 is 1.95 bits per heavy atom. The number of nitrogens with one attached hydrogen (secondary N) is 2. The van der Waals surface area contributed by atoms with Gasteiger partial charge in [0.15, 0.2) is 11.5 Å². The van der Waals surface area contributed by atoms with Gasteiger partial charge in [0.2, 0.25) is 0 Å². The Labute approximate surface area is 210 Å². The number of hydrogen-bond donors (Lipinski definition) is 2. The summed E-state index contributed by atoms with van der Waals surface area (Å²) in [7, 11) is 2.94. The van der Waals surface area contributed by atoms with Gasteiger partial charge in [-0.1, -0.05) is 6.07 Å². The molecule has 2 amide bonds. The number of rotatable bonds is 4. The van der Waals surface area contributed by atoms with E-state index in [1.807, 2.05) is 4.68 Å². The lowest BCUT2D eigenvalue weighted by molar-refractivity contribution is -0.140. The number of carbonyl (C=O) groups excluding carboxylic acids is 1. The zero-order valence-corrected chi connectivity index (χ0v) is 20.4. The maximum absolute atomic E-state index is 15.2. The minimum atomic E-state index is -4.67. The van der Waals surface area contributed by atoms with Crippen molar-refractivity contribution in [1.82, 2.24) is 29.8 Å². The Balaban J connectivity index is 1.48. The van der Waals surface area contributed by atoms with Crippen molar-refractivity contribution in [1.29, 1.82) is 0 Å². The fourth-order valence-electron chi connectivity index (χ4n) is 4.93. The highest BCUT2D eigenvalue weighted by Gasteiger charge is 2.37. The third-order valence-electron chi connectivity index (χ3n) is 6.75.